The van der Waals surface area contributed by atoms with Crippen LogP contribution in [-0.4, -0.2) is 50.2 Å². The molecule has 0 heterocycles. The average Bonchev–Trinajstić information content (AvgIpc) is 2.90. The normalized spacial score (nSPS) is 37.1. The third-order valence-electron chi connectivity index (χ3n) is 11.3. The second-order valence-electron chi connectivity index (χ2n) is 13.8. The van der Waals surface area contributed by atoms with Crippen molar-refractivity contribution in [2.75, 3.05) is 0 Å². The van der Waals surface area contributed by atoms with Crippen LogP contribution in [0.3, 0.4) is 0 Å². The number of aliphatic hydroxyl groups excluding tert-OH is 2. The van der Waals surface area contributed by atoms with E-state index in [4.69, 9.17) is 0 Å². The number of non-ortho nitro benzene ring substituents is 1. The molecule has 6 fully saturated rings. The number of fused-ring (bicyclic) bond motifs is 4. The molecule has 236 valence electrons. The third kappa shape index (κ3) is 5.46. The number of nitrogens with zero attached hydrogens (tertiary/aromatic N) is 1. The van der Waals surface area contributed by atoms with E-state index in [-0.39, 0.29) is 40.2 Å². The van der Waals surface area contributed by atoms with Crippen molar-refractivity contribution < 1.29 is 41.5 Å². The molecule has 4 bridgehead atoms. The smallest absolute Gasteiger partial charge is 0.383 e. The number of rotatable bonds is 8. The van der Waals surface area contributed by atoms with Crippen LogP contribution < -0.4 is 0 Å². The number of aliphatic hydroxyl groups is 2. The fraction of sp³-hybridized carbons (Fsp3) is 0.793. The lowest BCUT2D eigenvalue weighted by atomic mass is 9.44. The largest absolute Gasteiger partial charge is 0.414 e. The summed E-state index contributed by atoms with van der Waals surface area (Å²) < 4.78 is 82.8. The van der Waals surface area contributed by atoms with E-state index in [0.717, 1.165) is 0 Å². The number of halogens is 6. The standard InChI is InChI=1S/C29H37F6NO4S2/c1-26(2)14-9-17(26)21(23(37)28(30,31)32)19(11-14)41-25(13-5-7-16(8-6-13)36(39)40)42-20-12-15-10-18(27(15,3)4)22(20)24(38)29(33,34)35/h5-8,14-15,17-25,37-38H,9-12H2,1-4H3/t14-,15-,17+,18+,19+,20+,21+,22+,23+,24+/m1/s1. The van der Waals surface area contributed by atoms with Crippen LogP contribution in [0.5, 0.6) is 0 Å². The van der Waals surface area contributed by atoms with Crippen LogP contribution in [0.1, 0.15) is 63.5 Å². The Kier molecular flexibility index (Phi) is 8.22. The van der Waals surface area contributed by atoms with E-state index in [0.29, 0.717) is 31.2 Å². The van der Waals surface area contributed by atoms with Gasteiger partial charge in [0.1, 0.15) is 0 Å². The predicted octanol–water partition coefficient (Wildman–Crippen LogP) is 8.01. The average molecular weight is 642 g/mol. The van der Waals surface area contributed by atoms with Crippen molar-refractivity contribution in [1.29, 1.82) is 0 Å². The van der Waals surface area contributed by atoms with Crippen molar-refractivity contribution in [3.63, 3.8) is 0 Å². The summed E-state index contributed by atoms with van der Waals surface area (Å²) >= 11 is 2.44. The van der Waals surface area contributed by atoms with Gasteiger partial charge in [0.05, 0.1) is 9.51 Å². The predicted molar refractivity (Wildman–Crippen MR) is 150 cm³/mol. The fourth-order valence-corrected chi connectivity index (χ4v) is 12.6. The van der Waals surface area contributed by atoms with Crippen LogP contribution in [-0.2, 0) is 0 Å². The number of hydrogen-bond donors (Lipinski definition) is 2. The Morgan fingerprint density at radius 2 is 1.17 bits per heavy atom. The van der Waals surface area contributed by atoms with Crippen molar-refractivity contribution in [2.24, 2.45) is 46.3 Å². The van der Waals surface area contributed by atoms with E-state index >= 15 is 0 Å². The molecule has 6 saturated carbocycles. The van der Waals surface area contributed by atoms with Gasteiger partial charge in [0.25, 0.3) is 5.69 Å². The molecule has 0 aromatic heterocycles. The Morgan fingerprint density at radius 1 is 0.786 bits per heavy atom. The monoisotopic (exact) mass is 641 g/mol. The minimum atomic E-state index is -4.82. The number of hydrogen-bond acceptors (Lipinski definition) is 6. The van der Waals surface area contributed by atoms with Gasteiger partial charge in [-0.05, 0) is 65.7 Å². The molecule has 0 radical (unpaired) electrons. The molecule has 6 aliphatic rings. The van der Waals surface area contributed by atoms with Crippen LogP contribution in [0, 0.1) is 56.5 Å². The molecule has 7 rings (SSSR count). The molecule has 5 nitrogen and oxygen atoms in total. The topological polar surface area (TPSA) is 83.6 Å². The maximum Gasteiger partial charge on any atom is 0.414 e. The SMILES string of the molecule is CC1(C)[C@H]2C[C@H](SC(S[C@H]3C[C@H]4C[C@@H]([C@@H]3[C@H](O)C(F)(F)F)C4(C)C)c3ccc([N+](=O)[O-])cc3)[C@@H]([C@H](O)C(F)(F)F)[C@@H]1C2. The van der Waals surface area contributed by atoms with Crippen LogP contribution in [0.2, 0.25) is 0 Å². The van der Waals surface area contributed by atoms with Crippen LogP contribution in [0.25, 0.3) is 0 Å². The molecule has 1 aromatic carbocycles. The maximum absolute atomic E-state index is 13.9. The first kappa shape index (κ1) is 32.2. The minimum Gasteiger partial charge on any atom is -0.383 e. The number of nitro benzene ring substituents is 1. The van der Waals surface area contributed by atoms with Gasteiger partial charge < -0.3 is 10.2 Å². The lowest BCUT2D eigenvalue weighted by Gasteiger charge is -2.64. The van der Waals surface area contributed by atoms with Gasteiger partial charge in [-0.15, -0.1) is 23.5 Å². The summed E-state index contributed by atoms with van der Waals surface area (Å²) in [5.41, 5.74) is -0.373. The highest BCUT2D eigenvalue weighted by molar-refractivity contribution is 8.16. The summed E-state index contributed by atoms with van der Waals surface area (Å²) in [7, 11) is 0. The molecule has 0 spiro atoms. The molecular formula is C29H37F6NO4S2. The van der Waals surface area contributed by atoms with Gasteiger partial charge in [0.15, 0.2) is 12.2 Å². The molecule has 42 heavy (non-hydrogen) atoms. The Hall–Kier alpha value is -1.18. The van der Waals surface area contributed by atoms with Crippen molar-refractivity contribution in [1.82, 2.24) is 0 Å². The zero-order valence-corrected chi connectivity index (χ0v) is 25.4. The summed E-state index contributed by atoms with van der Waals surface area (Å²) in [6.45, 7) is 7.68. The van der Waals surface area contributed by atoms with E-state index < -0.39 is 56.4 Å². The Morgan fingerprint density at radius 3 is 1.48 bits per heavy atom. The highest BCUT2D eigenvalue weighted by atomic mass is 32.2. The first-order valence-corrected chi connectivity index (χ1v) is 16.2. The van der Waals surface area contributed by atoms with Crippen LogP contribution in [0.15, 0.2) is 24.3 Å². The van der Waals surface area contributed by atoms with Crippen molar-refractivity contribution in [3.05, 3.63) is 39.9 Å². The van der Waals surface area contributed by atoms with E-state index in [9.17, 15) is 46.7 Å². The zero-order valence-electron chi connectivity index (χ0n) is 23.7. The summed E-state index contributed by atoms with van der Waals surface area (Å²) in [5, 5.41) is 31.1. The fourth-order valence-electron chi connectivity index (χ4n) is 8.45. The maximum atomic E-state index is 13.9. The molecule has 13 heteroatoms. The molecule has 0 unspecified atom stereocenters. The molecule has 0 saturated heterocycles. The van der Waals surface area contributed by atoms with Gasteiger partial charge in [-0.1, -0.05) is 39.8 Å². The number of thioether (sulfide) groups is 2. The van der Waals surface area contributed by atoms with E-state index in [1.807, 2.05) is 27.7 Å². The Bertz CT molecular complexity index is 1110. The lowest BCUT2D eigenvalue weighted by molar-refractivity contribution is -0.384. The number of nitro groups is 1. The first-order chi connectivity index (χ1) is 19.2. The molecule has 1 aromatic rings. The van der Waals surface area contributed by atoms with Crippen molar-refractivity contribution >= 4 is 29.2 Å². The van der Waals surface area contributed by atoms with Crippen LogP contribution in [0.4, 0.5) is 32.0 Å². The molecule has 0 amide bonds. The van der Waals surface area contributed by atoms with Gasteiger partial charge in [-0.2, -0.15) is 26.3 Å². The highest BCUT2D eigenvalue weighted by Gasteiger charge is 2.65. The summed E-state index contributed by atoms with van der Waals surface area (Å²) in [5.74, 6) is -2.60. The number of benzene rings is 1. The molecule has 10 atom stereocenters. The van der Waals surface area contributed by atoms with Gasteiger partial charge in [-0.3, -0.25) is 10.1 Å². The molecule has 2 N–H and O–H groups in total. The van der Waals surface area contributed by atoms with E-state index in [2.05, 4.69) is 0 Å². The molecule has 6 aliphatic carbocycles. The first-order valence-electron chi connectivity index (χ1n) is 14.3. The lowest BCUT2D eigenvalue weighted by Crippen LogP contribution is -2.62. The second-order valence-corrected chi connectivity index (χ2v) is 16.8. The summed E-state index contributed by atoms with van der Waals surface area (Å²) in [6.07, 6.45) is -12.7. The summed E-state index contributed by atoms with van der Waals surface area (Å²) in [6, 6.07) is 5.59. The number of alkyl halides is 6. The van der Waals surface area contributed by atoms with Gasteiger partial charge >= 0.3 is 12.4 Å². The Labute approximate surface area is 249 Å². The van der Waals surface area contributed by atoms with Crippen LogP contribution >= 0.6 is 23.5 Å². The van der Waals surface area contributed by atoms with Gasteiger partial charge in [-0.25, -0.2) is 0 Å². The molecule has 0 aliphatic heterocycles. The van der Waals surface area contributed by atoms with Gasteiger partial charge in [0.2, 0.25) is 0 Å². The zero-order chi connectivity index (χ0) is 31.2. The summed E-state index contributed by atoms with van der Waals surface area (Å²) in [4.78, 5) is 10.7. The van der Waals surface area contributed by atoms with E-state index in [1.165, 1.54) is 47.8 Å². The quantitative estimate of drug-likeness (QED) is 0.130. The minimum absolute atomic E-state index is 0.155. The van der Waals surface area contributed by atoms with E-state index in [1.54, 1.807) is 0 Å². The van der Waals surface area contributed by atoms with Crippen molar-refractivity contribution in [2.45, 2.75) is 93.0 Å². The highest BCUT2D eigenvalue weighted by Crippen LogP contribution is 2.69. The Balaban J connectivity index is 1.48. The van der Waals surface area contributed by atoms with Gasteiger partial charge in [0, 0.05) is 34.5 Å². The second kappa shape index (κ2) is 10.7. The van der Waals surface area contributed by atoms with Crippen molar-refractivity contribution in [3.8, 4) is 0 Å². The molecular weight excluding hydrogens is 604 g/mol. The third-order valence-corrected chi connectivity index (χ3v) is 14.7.